The van der Waals surface area contributed by atoms with Crippen LogP contribution >= 0.6 is 0 Å². The molecular formula is C10H16N2O3S. The number of nitrogens with one attached hydrogen (secondary N) is 1. The molecule has 16 heavy (non-hydrogen) atoms. The van der Waals surface area contributed by atoms with Gasteiger partial charge in [0.2, 0.25) is 5.91 Å². The Labute approximate surface area is 95.4 Å². The molecular weight excluding hydrogens is 228 g/mol. The van der Waals surface area contributed by atoms with Crippen LogP contribution in [0.5, 0.6) is 0 Å². The van der Waals surface area contributed by atoms with Crippen molar-refractivity contribution in [2.24, 2.45) is 0 Å². The molecule has 2 atom stereocenters. The first-order valence-electron chi connectivity index (χ1n) is 5.37. The van der Waals surface area contributed by atoms with Crippen molar-refractivity contribution < 1.29 is 13.2 Å². The molecule has 2 aliphatic rings. The predicted molar refractivity (Wildman–Crippen MR) is 60.8 cm³/mol. The zero-order valence-electron chi connectivity index (χ0n) is 9.05. The average Bonchev–Trinajstić information content (AvgIpc) is 2.43. The second kappa shape index (κ2) is 4.18. The van der Waals surface area contributed by atoms with E-state index < -0.39 is 9.84 Å². The molecule has 2 fully saturated rings. The van der Waals surface area contributed by atoms with E-state index in [-0.39, 0.29) is 29.5 Å². The average molecular weight is 244 g/mol. The maximum atomic E-state index is 11.8. The second-order valence-corrected chi connectivity index (χ2v) is 6.44. The van der Waals surface area contributed by atoms with Gasteiger partial charge in [-0.15, -0.1) is 6.58 Å². The third-order valence-electron chi connectivity index (χ3n) is 3.11. The van der Waals surface area contributed by atoms with E-state index in [1.165, 1.54) is 0 Å². The molecule has 0 aliphatic carbocycles. The van der Waals surface area contributed by atoms with Crippen molar-refractivity contribution in [3.8, 4) is 0 Å². The summed E-state index contributed by atoms with van der Waals surface area (Å²) in [5.74, 6) is 0.222. The number of amides is 1. The molecule has 1 N–H and O–H groups in total. The summed E-state index contributed by atoms with van der Waals surface area (Å²) >= 11 is 0. The molecule has 2 saturated heterocycles. The highest BCUT2D eigenvalue weighted by Crippen LogP contribution is 2.21. The van der Waals surface area contributed by atoms with Crippen LogP contribution in [0.3, 0.4) is 0 Å². The topological polar surface area (TPSA) is 66.5 Å². The van der Waals surface area contributed by atoms with Crippen LogP contribution in [-0.4, -0.2) is 55.9 Å². The van der Waals surface area contributed by atoms with Gasteiger partial charge >= 0.3 is 0 Å². The molecule has 1 amide bonds. The molecule has 5 nitrogen and oxygen atoms in total. The second-order valence-electron chi connectivity index (χ2n) is 4.29. The zero-order valence-corrected chi connectivity index (χ0v) is 9.87. The van der Waals surface area contributed by atoms with Gasteiger partial charge in [0, 0.05) is 25.6 Å². The molecule has 2 heterocycles. The van der Waals surface area contributed by atoms with E-state index in [0.717, 1.165) is 0 Å². The Morgan fingerprint density at radius 1 is 1.50 bits per heavy atom. The first-order chi connectivity index (χ1) is 7.53. The fraction of sp³-hybridized carbons (Fsp3) is 0.700. The molecule has 0 aromatic heterocycles. The van der Waals surface area contributed by atoms with Gasteiger partial charge in [-0.1, -0.05) is 6.08 Å². The van der Waals surface area contributed by atoms with Crippen molar-refractivity contribution in [2.75, 3.05) is 24.6 Å². The van der Waals surface area contributed by atoms with Gasteiger partial charge in [-0.2, -0.15) is 0 Å². The van der Waals surface area contributed by atoms with Crippen LogP contribution in [0.1, 0.15) is 6.42 Å². The number of hydrogen-bond acceptors (Lipinski definition) is 4. The minimum atomic E-state index is -3.01. The zero-order chi connectivity index (χ0) is 11.8. The van der Waals surface area contributed by atoms with Crippen LogP contribution in [0.2, 0.25) is 0 Å². The lowest BCUT2D eigenvalue weighted by molar-refractivity contribution is -0.131. The van der Waals surface area contributed by atoms with Crippen LogP contribution in [-0.2, 0) is 14.6 Å². The van der Waals surface area contributed by atoms with Crippen molar-refractivity contribution >= 4 is 15.7 Å². The summed E-state index contributed by atoms with van der Waals surface area (Å²) in [6.07, 6.45) is 2.08. The Morgan fingerprint density at radius 3 is 2.94 bits per heavy atom. The third kappa shape index (κ3) is 2.12. The number of sulfone groups is 1. The Kier molecular flexibility index (Phi) is 3.03. The SMILES string of the molecule is C=CCN1C(=O)CCNC2CS(=O)(=O)CC21. The third-order valence-corrected chi connectivity index (χ3v) is 4.83. The first-order valence-corrected chi connectivity index (χ1v) is 7.20. The van der Waals surface area contributed by atoms with E-state index in [2.05, 4.69) is 11.9 Å². The number of carbonyl (C=O) groups is 1. The van der Waals surface area contributed by atoms with Gasteiger partial charge in [-0.3, -0.25) is 4.79 Å². The number of fused-ring (bicyclic) bond motifs is 1. The number of rotatable bonds is 2. The number of carbonyl (C=O) groups excluding carboxylic acids is 1. The van der Waals surface area contributed by atoms with Gasteiger partial charge in [0.25, 0.3) is 0 Å². The first kappa shape index (κ1) is 11.6. The normalized spacial score (nSPS) is 33.2. The van der Waals surface area contributed by atoms with Gasteiger partial charge in [0.15, 0.2) is 9.84 Å². The maximum absolute atomic E-state index is 11.8. The van der Waals surface area contributed by atoms with Crippen molar-refractivity contribution in [3.63, 3.8) is 0 Å². The minimum Gasteiger partial charge on any atom is -0.333 e. The van der Waals surface area contributed by atoms with E-state index in [4.69, 9.17) is 0 Å². The van der Waals surface area contributed by atoms with Gasteiger partial charge in [-0.05, 0) is 0 Å². The smallest absolute Gasteiger partial charge is 0.224 e. The molecule has 0 bridgehead atoms. The highest BCUT2D eigenvalue weighted by atomic mass is 32.2. The van der Waals surface area contributed by atoms with Crippen molar-refractivity contribution in [1.82, 2.24) is 10.2 Å². The number of hydrogen-bond donors (Lipinski definition) is 1. The lowest BCUT2D eigenvalue weighted by Crippen LogP contribution is -2.48. The molecule has 90 valence electrons. The summed E-state index contributed by atoms with van der Waals surface area (Å²) in [4.78, 5) is 13.4. The summed E-state index contributed by atoms with van der Waals surface area (Å²) in [6.45, 7) is 4.59. The van der Waals surface area contributed by atoms with E-state index >= 15 is 0 Å². The van der Waals surface area contributed by atoms with Crippen molar-refractivity contribution in [1.29, 1.82) is 0 Å². The van der Waals surface area contributed by atoms with Crippen LogP contribution in [0.25, 0.3) is 0 Å². The summed E-state index contributed by atoms with van der Waals surface area (Å²) in [6, 6.07) is -0.339. The summed E-state index contributed by atoms with van der Waals surface area (Å²) < 4.78 is 23.1. The van der Waals surface area contributed by atoms with Gasteiger partial charge in [0.05, 0.1) is 17.5 Å². The largest absolute Gasteiger partial charge is 0.333 e. The minimum absolute atomic E-state index is 0.0111. The molecule has 0 radical (unpaired) electrons. The van der Waals surface area contributed by atoms with Gasteiger partial charge < -0.3 is 10.2 Å². The van der Waals surface area contributed by atoms with E-state index in [0.29, 0.717) is 19.5 Å². The standard InChI is InChI=1S/C10H16N2O3S/c1-2-5-12-9-7-16(14,15)6-8(9)11-4-3-10(12)13/h2,8-9,11H,1,3-7H2. The summed E-state index contributed by atoms with van der Waals surface area (Å²) in [5.41, 5.74) is 0. The Bertz CT molecular complexity index is 404. The summed E-state index contributed by atoms with van der Waals surface area (Å²) in [7, 11) is -3.01. The lowest BCUT2D eigenvalue weighted by Gasteiger charge is -2.28. The molecule has 0 aromatic carbocycles. The van der Waals surface area contributed by atoms with E-state index in [9.17, 15) is 13.2 Å². The monoisotopic (exact) mass is 244 g/mol. The Hall–Kier alpha value is -0.880. The van der Waals surface area contributed by atoms with Gasteiger partial charge in [-0.25, -0.2) is 8.42 Å². The number of nitrogens with zero attached hydrogens (tertiary/aromatic N) is 1. The van der Waals surface area contributed by atoms with Crippen LogP contribution in [0, 0.1) is 0 Å². The van der Waals surface area contributed by atoms with Crippen LogP contribution in [0.4, 0.5) is 0 Å². The molecule has 2 unspecified atom stereocenters. The quantitative estimate of drug-likeness (QED) is 0.643. The predicted octanol–water partition coefficient (Wildman–Crippen LogP) is -0.840. The molecule has 0 aromatic rings. The van der Waals surface area contributed by atoms with E-state index in [1.807, 2.05) is 0 Å². The molecule has 0 spiro atoms. The maximum Gasteiger partial charge on any atom is 0.224 e. The Morgan fingerprint density at radius 2 is 2.25 bits per heavy atom. The van der Waals surface area contributed by atoms with Gasteiger partial charge in [0.1, 0.15) is 0 Å². The van der Waals surface area contributed by atoms with Crippen LogP contribution < -0.4 is 5.32 Å². The van der Waals surface area contributed by atoms with Crippen molar-refractivity contribution in [2.45, 2.75) is 18.5 Å². The van der Waals surface area contributed by atoms with E-state index in [1.54, 1.807) is 11.0 Å². The fourth-order valence-corrected chi connectivity index (χ4v) is 4.36. The summed E-state index contributed by atoms with van der Waals surface area (Å²) in [5, 5.41) is 3.14. The highest BCUT2D eigenvalue weighted by molar-refractivity contribution is 7.91. The molecule has 2 rings (SSSR count). The highest BCUT2D eigenvalue weighted by Gasteiger charge is 2.43. The lowest BCUT2D eigenvalue weighted by atomic mass is 10.1. The Balaban J connectivity index is 2.26. The molecule has 6 heteroatoms. The fourth-order valence-electron chi connectivity index (χ4n) is 2.40. The van der Waals surface area contributed by atoms with Crippen LogP contribution in [0.15, 0.2) is 12.7 Å². The molecule has 0 saturated carbocycles. The molecule has 2 aliphatic heterocycles. The van der Waals surface area contributed by atoms with Crippen molar-refractivity contribution in [3.05, 3.63) is 12.7 Å².